The van der Waals surface area contributed by atoms with Crippen LogP contribution in [0.3, 0.4) is 0 Å². The van der Waals surface area contributed by atoms with Gasteiger partial charge < -0.3 is 4.74 Å². The van der Waals surface area contributed by atoms with E-state index in [-0.39, 0.29) is 29.3 Å². The van der Waals surface area contributed by atoms with Crippen molar-refractivity contribution in [1.82, 2.24) is 0 Å². The highest BCUT2D eigenvalue weighted by molar-refractivity contribution is 7.86. The van der Waals surface area contributed by atoms with E-state index in [9.17, 15) is 12.8 Å². The summed E-state index contributed by atoms with van der Waals surface area (Å²) in [5, 5.41) is 0. The summed E-state index contributed by atoms with van der Waals surface area (Å²) in [5.41, 5.74) is 1.88. The third-order valence-electron chi connectivity index (χ3n) is 4.09. The maximum Gasteiger partial charge on any atom is 0.296 e. The van der Waals surface area contributed by atoms with Crippen molar-refractivity contribution in [2.75, 3.05) is 13.2 Å². The zero-order valence-corrected chi connectivity index (χ0v) is 14.1. The fourth-order valence-electron chi connectivity index (χ4n) is 2.68. The average Bonchev–Trinajstić information content (AvgIpc) is 3.03. The Bertz CT molecular complexity index is 785. The average molecular weight is 350 g/mol. The van der Waals surface area contributed by atoms with Gasteiger partial charge >= 0.3 is 0 Å². The molecule has 2 aromatic rings. The summed E-state index contributed by atoms with van der Waals surface area (Å²) in [7, 11) is -3.76. The monoisotopic (exact) mass is 350 g/mol. The first-order valence-electron chi connectivity index (χ1n) is 7.77. The van der Waals surface area contributed by atoms with Gasteiger partial charge in [-0.3, -0.25) is 4.18 Å². The van der Waals surface area contributed by atoms with E-state index < -0.39 is 10.1 Å². The summed E-state index contributed by atoms with van der Waals surface area (Å²) in [6.45, 7) is 2.39. The Hall–Kier alpha value is -1.76. The van der Waals surface area contributed by atoms with Crippen LogP contribution in [0.25, 0.3) is 0 Å². The maximum atomic E-state index is 13.0. The van der Waals surface area contributed by atoms with E-state index in [1.54, 1.807) is 24.3 Å². The quantitative estimate of drug-likeness (QED) is 0.773. The Morgan fingerprint density at radius 3 is 2.46 bits per heavy atom. The van der Waals surface area contributed by atoms with Crippen LogP contribution in [0.1, 0.15) is 23.7 Å². The molecule has 2 atom stereocenters. The van der Waals surface area contributed by atoms with Crippen molar-refractivity contribution in [3.8, 4) is 0 Å². The summed E-state index contributed by atoms with van der Waals surface area (Å²) >= 11 is 0. The van der Waals surface area contributed by atoms with Gasteiger partial charge in [-0.2, -0.15) is 8.42 Å². The van der Waals surface area contributed by atoms with Crippen LogP contribution in [0.5, 0.6) is 0 Å². The van der Waals surface area contributed by atoms with Crippen molar-refractivity contribution >= 4 is 10.1 Å². The number of rotatable bonds is 5. The van der Waals surface area contributed by atoms with Crippen molar-refractivity contribution in [2.24, 2.45) is 5.92 Å². The number of benzene rings is 2. The highest BCUT2D eigenvalue weighted by atomic mass is 32.2. The minimum Gasteiger partial charge on any atom is -0.373 e. The summed E-state index contributed by atoms with van der Waals surface area (Å²) < 4.78 is 48.2. The first-order chi connectivity index (χ1) is 11.4. The van der Waals surface area contributed by atoms with Crippen LogP contribution in [-0.4, -0.2) is 21.6 Å². The Morgan fingerprint density at radius 2 is 1.79 bits per heavy atom. The first-order valence-corrected chi connectivity index (χ1v) is 9.18. The normalized spacial score (nSPS) is 21.1. The molecule has 1 fully saturated rings. The summed E-state index contributed by atoms with van der Waals surface area (Å²) in [5.74, 6) is -0.305. The van der Waals surface area contributed by atoms with E-state index in [4.69, 9.17) is 8.92 Å². The van der Waals surface area contributed by atoms with Crippen LogP contribution in [0.15, 0.2) is 53.4 Å². The largest absolute Gasteiger partial charge is 0.373 e. The van der Waals surface area contributed by atoms with Crippen LogP contribution in [0.4, 0.5) is 4.39 Å². The number of ether oxygens (including phenoxy) is 1. The van der Waals surface area contributed by atoms with Crippen LogP contribution >= 0.6 is 0 Å². The van der Waals surface area contributed by atoms with E-state index in [1.165, 1.54) is 24.3 Å². The molecule has 1 heterocycles. The molecular weight excluding hydrogens is 331 g/mol. The smallest absolute Gasteiger partial charge is 0.296 e. The fraction of sp³-hybridized carbons (Fsp3) is 0.333. The lowest BCUT2D eigenvalue weighted by Gasteiger charge is -2.11. The predicted molar refractivity (Wildman–Crippen MR) is 87.5 cm³/mol. The second-order valence-corrected chi connectivity index (χ2v) is 7.64. The SMILES string of the molecule is Cc1ccc(S(=O)(=O)OCC2COC(c3ccc(F)cc3)C2)cc1. The summed E-state index contributed by atoms with van der Waals surface area (Å²) in [6.07, 6.45) is 0.496. The number of aryl methyl sites for hydroxylation is 1. The van der Waals surface area contributed by atoms with Gasteiger partial charge in [0.05, 0.1) is 24.2 Å². The second kappa shape index (κ2) is 7.01. The molecule has 6 heteroatoms. The van der Waals surface area contributed by atoms with Crippen molar-refractivity contribution in [3.63, 3.8) is 0 Å². The van der Waals surface area contributed by atoms with Crippen molar-refractivity contribution < 1.29 is 21.7 Å². The number of hydrogen-bond donors (Lipinski definition) is 0. The molecule has 1 aliphatic heterocycles. The molecule has 0 spiro atoms. The van der Waals surface area contributed by atoms with Gasteiger partial charge in [0, 0.05) is 5.92 Å². The van der Waals surface area contributed by atoms with Crippen molar-refractivity contribution in [1.29, 1.82) is 0 Å². The molecular formula is C18H19FO4S. The topological polar surface area (TPSA) is 52.6 Å². The van der Waals surface area contributed by atoms with Gasteiger partial charge in [0.2, 0.25) is 0 Å². The third kappa shape index (κ3) is 4.01. The molecule has 0 saturated carbocycles. The van der Waals surface area contributed by atoms with Crippen molar-refractivity contribution in [2.45, 2.75) is 24.3 Å². The Labute approximate surface area is 141 Å². The van der Waals surface area contributed by atoms with E-state index in [0.717, 1.165) is 11.1 Å². The lowest BCUT2D eigenvalue weighted by molar-refractivity contribution is 0.103. The second-order valence-electron chi connectivity index (χ2n) is 6.03. The van der Waals surface area contributed by atoms with Gasteiger partial charge in [0.15, 0.2) is 0 Å². The predicted octanol–water partition coefficient (Wildman–Crippen LogP) is 3.62. The van der Waals surface area contributed by atoms with E-state index in [2.05, 4.69) is 0 Å². The van der Waals surface area contributed by atoms with Crippen LogP contribution in [0, 0.1) is 18.7 Å². The minimum atomic E-state index is -3.76. The molecule has 3 rings (SSSR count). The van der Waals surface area contributed by atoms with E-state index >= 15 is 0 Å². The van der Waals surface area contributed by atoms with Gasteiger partial charge in [0.25, 0.3) is 10.1 Å². The molecule has 0 amide bonds. The lowest BCUT2D eigenvalue weighted by Crippen LogP contribution is -2.15. The highest BCUT2D eigenvalue weighted by Crippen LogP contribution is 2.33. The van der Waals surface area contributed by atoms with Gasteiger partial charge in [-0.25, -0.2) is 4.39 Å². The minimum absolute atomic E-state index is 0.0136. The Morgan fingerprint density at radius 1 is 1.12 bits per heavy atom. The maximum absolute atomic E-state index is 13.0. The molecule has 0 bridgehead atoms. The fourth-order valence-corrected chi connectivity index (χ4v) is 3.65. The molecule has 128 valence electrons. The summed E-state index contributed by atoms with van der Waals surface area (Å²) in [6, 6.07) is 12.7. The van der Waals surface area contributed by atoms with E-state index in [1.807, 2.05) is 6.92 Å². The molecule has 4 nitrogen and oxygen atoms in total. The summed E-state index contributed by atoms with van der Waals surface area (Å²) in [4.78, 5) is 0.155. The van der Waals surface area contributed by atoms with Gasteiger partial charge in [0.1, 0.15) is 5.82 Å². The molecule has 0 aromatic heterocycles. The molecule has 0 N–H and O–H groups in total. The van der Waals surface area contributed by atoms with Crippen LogP contribution in [0.2, 0.25) is 0 Å². The molecule has 2 unspecified atom stereocenters. The van der Waals surface area contributed by atoms with Gasteiger partial charge in [-0.05, 0) is 43.2 Å². The lowest BCUT2D eigenvalue weighted by atomic mass is 10.0. The Kier molecular flexibility index (Phi) is 4.99. The zero-order valence-electron chi connectivity index (χ0n) is 13.3. The van der Waals surface area contributed by atoms with Gasteiger partial charge in [-0.1, -0.05) is 29.8 Å². The van der Waals surface area contributed by atoms with Crippen LogP contribution < -0.4 is 0 Å². The molecule has 2 aromatic carbocycles. The standard InChI is InChI=1S/C18H19FO4S/c1-13-2-8-17(9-3-13)24(20,21)23-12-14-10-18(22-11-14)15-4-6-16(19)7-5-15/h2-9,14,18H,10-12H2,1H3. The van der Waals surface area contributed by atoms with Crippen LogP contribution in [-0.2, 0) is 19.0 Å². The first kappa shape index (κ1) is 17.1. The zero-order chi connectivity index (χ0) is 17.2. The Balaban J connectivity index is 1.57. The number of hydrogen-bond acceptors (Lipinski definition) is 4. The van der Waals surface area contributed by atoms with Crippen molar-refractivity contribution in [3.05, 3.63) is 65.5 Å². The molecule has 0 radical (unpaired) electrons. The molecule has 0 aliphatic carbocycles. The molecule has 1 aliphatic rings. The molecule has 24 heavy (non-hydrogen) atoms. The third-order valence-corrected chi connectivity index (χ3v) is 5.39. The van der Waals surface area contributed by atoms with E-state index in [0.29, 0.717) is 13.0 Å². The highest BCUT2D eigenvalue weighted by Gasteiger charge is 2.28. The molecule has 1 saturated heterocycles. The van der Waals surface area contributed by atoms with Gasteiger partial charge in [-0.15, -0.1) is 0 Å². The number of halogens is 1.